The number of benzene rings is 1. The molecule has 4 rings (SSSR count). The van der Waals surface area contributed by atoms with Gasteiger partial charge in [-0.15, -0.1) is 11.3 Å². The van der Waals surface area contributed by atoms with Crippen molar-refractivity contribution in [3.05, 3.63) is 46.0 Å². The van der Waals surface area contributed by atoms with Crippen molar-refractivity contribution in [3.63, 3.8) is 0 Å². The molecule has 1 aliphatic carbocycles. The van der Waals surface area contributed by atoms with E-state index >= 15 is 0 Å². The number of rotatable bonds is 5. The standard InChI is InChI=1S/C22H24N2O3S/c1-4-12-5-7-16-14(9-12)10-15-19(23)21(28-22(15)24-16)20(25)13-6-8-17(26-2)18(11-13)27-3/h6,8,10-12H,4-5,7,9,23H2,1-3H3. The second-order valence-corrected chi connectivity index (χ2v) is 8.21. The van der Waals surface area contributed by atoms with Crippen LogP contribution in [-0.2, 0) is 12.8 Å². The van der Waals surface area contributed by atoms with Crippen LogP contribution < -0.4 is 15.2 Å². The lowest BCUT2D eigenvalue weighted by molar-refractivity contribution is 0.104. The average Bonchev–Trinajstić information content (AvgIpc) is 3.06. The first-order valence-corrected chi connectivity index (χ1v) is 10.3. The van der Waals surface area contributed by atoms with Crippen molar-refractivity contribution in [2.75, 3.05) is 20.0 Å². The van der Waals surface area contributed by atoms with Gasteiger partial charge in [0.2, 0.25) is 5.78 Å². The molecule has 1 unspecified atom stereocenters. The van der Waals surface area contributed by atoms with E-state index in [2.05, 4.69) is 13.0 Å². The van der Waals surface area contributed by atoms with Crippen LogP contribution in [0.15, 0.2) is 24.3 Å². The zero-order valence-electron chi connectivity index (χ0n) is 16.4. The fourth-order valence-corrected chi connectivity index (χ4v) is 4.95. The van der Waals surface area contributed by atoms with E-state index in [4.69, 9.17) is 20.2 Å². The maximum Gasteiger partial charge on any atom is 0.205 e. The number of nitrogens with two attached hydrogens (primary N) is 1. The molecule has 28 heavy (non-hydrogen) atoms. The Kier molecular flexibility index (Phi) is 4.98. The van der Waals surface area contributed by atoms with Gasteiger partial charge in [-0.2, -0.15) is 0 Å². The predicted octanol–water partition coefficient (Wildman–Crippen LogP) is 4.64. The van der Waals surface area contributed by atoms with Gasteiger partial charge in [-0.1, -0.05) is 13.3 Å². The monoisotopic (exact) mass is 396 g/mol. The van der Waals surface area contributed by atoms with Crippen LogP contribution in [0.25, 0.3) is 10.2 Å². The molecule has 0 aliphatic heterocycles. The molecule has 0 saturated carbocycles. The number of anilines is 1. The summed E-state index contributed by atoms with van der Waals surface area (Å²) in [5.41, 5.74) is 9.87. The van der Waals surface area contributed by atoms with Crippen molar-refractivity contribution < 1.29 is 14.3 Å². The van der Waals surface area contributed by atoms with Gasteiger partial charge in [-0.3, -0.25) is 4.79 Å². The number of ketones is 1. The zero-order chi connectivity index (χ0) is 19.8. The molecule has 5 nitrogen and oxygen atoms in total. The van der Waals surface area contributed by atoms with Crippen LogP contribution in [0.5, 0.6) is 11.5 Å². The number of aromatic nitrogens is 1. The highest BCUT2D eigenvalue weighted by molar-refractivity contribution is 7.21. The largest absolute Gasteiger partial charge is 0.493 e. The van der Waals surface area contributed by atoms with Crippen LogP contribution in [0.2, 0.25) is 0 Å². The number of methoxy groups -OCH3 is 2. The van der Waals surface area contributed by atoms with Gasteiger partial charge < -0.3 is 15.2 Å². The minimum absolute atomic E-state index is 0.120. The molecule has 1 atom stereocenters. The van der Waals surface area contributed by atoms with Gasteiger partial charge in [0.1, 0.15) is 9.71 Å². The molecule has 0 radical (unpaired) electrons. The van der Waals surface area contributed by atoms with Crippen molar-refractivity contribution in [2.45, 2.75) is 32.6 Å². The molecular formula is C22H24N2O3S. The van der Waals surface area contributed by atoms with Crippen LogP contribution in [0.3, 0.4) is 0 Å². The van der Waals surface area contributed by atoms with Gasteiger partial charge >= 0.3 is 0 Å². The van der Waals surface area contributed by atoms with E-state index in [1.165, 1.54) is 29.7 Å². The van der Waals surface area contributed by atoms with E-state index in [0.29, 0.717) is 33.5 Å². The number of hydrogen-bond acceptors (Lipinski definition) is 6. The highest BCUT2D eigenvalue weighted by Crippen LogP contribution is 2.38. The number of ether oxygens (including phenoxy) is 2. The lowest BCUT2D eigenvalue weighted by Gasteiger charge is -2.22. The Morgan fingerprint density at radius 2 is 2.04 bits per heavy atom. The SMILES string of the molecule is CCC1CCc2nc3sc(C(=O)c4ccc(OC)c(OC)c4)c(N)c3cc2C1. The van der Waals surface area contributed by atoms with E-state index in [0.717, 1.165) is 28.8 Å². The van der Waals surface area contributed by atoms with Crippen LogP contribution in [0.1, 0.15) is 46.3 Å². The summed E-state index contributed by atoms with van der Waals surface area (Å²) in [5.74, 6) is 1.70. The van der Waals surface area contributed by atoms with E-state index < -0.39 is 0 Å². The Morgan fingerprint density at radius 3 is 2.75 bits per heavy atom. The number of hydrogen-bond donors (Lipinski definition) is 1. The summed E-state index contributed by atoms with van der Waals surface area (Å²) in [6.45, 7) is 2.24. The van der Waals surface area contributed by atoms with E-state index in [1.54, 1.807) is 32.4 Å². The number of nitrogens with zero attached hydrogens (tertiary/aromatic N) is 1. The predicted molar refractivity (Wildman–Crippen MR) is 113 cm³/mol. The molecule has 6 heteroatoms. The molecule has 2 N–H and O–H groups in total. The Labute approximate surface area is 168 Å². The van der Waals surface area contributed by atoms with Gasteiger partial charge in [0.25, 0.3) is 0 Å². The number of fused-ring (bicyclic) bond motifs is 2. The summed E-state index contributed by atoms with van der Waals surface area (Å²) in [7, 11) is 3.12. The summed E-state index contributed by atoms with van der Waals surface area (Å²) in [5, 5.41) is 0.893. The molecule has 1 aliphatic rings. The fourth-order valence-electron chi connectivity index (χ4n) is 3.89. The Hall–Kier alpha value is -2.60. The highest BCUT2D eigenvalue weighted by atomic mass is 32.1. The lowest BCUT2D eigenvalue weighted by Crippen LogP contribution is -2.14. The topological polar surface area (TPSA) is 74.4 Å². The molecule has 1 aromatic carbocycles. The normalized spacial score (nSPS) is 16.0. The first kappa shape index (κ1) is 18.7. The highest BCUT2D eigenvalue weighted by Gasteiger charge is 2.24. The Balaban J connectivity index is 1.75. The second-order valence-electron chi connectivity index (χ2n) is 7.21. The van der Waals surface area contributed by atoms with E-state index in [9.17, 15) is 4.79 Å². The van der Waals surface area contributed by atoms with Gasteiger partial charge in [-0.05, 0) is 55.0 Å². The molecule has 0 saturated heterocycles. The number of carbonyl (C=O) groups excluding carboxylic acids is 1. The Bertz CT molecular complexity index is 1060. The number of pyridine rings is 1. The third-order valence-corrected chi connectivity index (χ3v) is 6.73. The van der Waals surface area contributed by atoms with Crippen LogP contribution in [-0.4, -0.2) is 25.0 Å². The summed E-state index contributed by atoms with van der Waals surface area (Å²) in [6, 6.07) is 7.31. The van der Waals surface area contributed by atoms with Crippen molar-refractivity contribution >= 4 is 33.0 Å². The van der Waals surface area contributed by atoms with Gasteiger partial charge in [0, 0.05) is 16.6 Å². The van der Waals surface area contributed by atoms with E-state index in [1.807, 2.05) is 0 Å². The van der Waals surface area contributed by atoms with Gasteiger partial charge in [-0.25, -0.2) is 4.98 Å². The maximum atomic E-state index is 13.1. The number of nitrogen functional groups attached to an aromatic ring is 1. The fraction of sp³-hybridized carbons (Fsp3) is 0.364. The minimum atomic E-state index is -0.120. The third-order valence-electron chi connectivity index (χ3n) is 5.62. The minimum Gasteiger partial charge on any atom is -0.493 e. The summed E-state index contributed by atoms with van der Waals surface area (Å²) < 4.78 is 10.6. The molecular weight excluding hydrogens is 372 g/mol. The second kappa shape index (κ2) is 7.43. The molecule has 0 bridgehead atoms. The quantitative estimate of drug-likeness (QED) is 0.636. The molecule has 2 heterocycles. The van der Waals surface area contributed by atoms with Crippen LogP contribution >= 0.6 is 11.3 Å². The van der Waals surface area contributed by atoms with Crippen LogP contribution in [0, 0.1) is 5.92 Å². The van der Waals surface area contributed by atoms with Crippen molar-refractivity contribution in [1.29, 1.82) is 0 Å². The number of carbonyl (C=O) groups is 1. The molecule has 0 spiro atoms. The van der Waals surface area contributed by atoms with Crippen molar-refractivity contribution in [3.8, 4) is 11.5 Å². The molecule has 3 aromatic rings. The molecule has 2 aromatic heterocycles. The Morgan fingerprint density at radius 1 is 1.25 bits per heavy atom. The van der Waals surface area contributed by atoms with Gasteiger partial charge in [0.05, 0.1) is 19.9 Å². The smallest absolute Gasteiger partial charge is 0.205 e. The summed E-state index contributed by atoms with van der Waals surface area (Å²) >= 11 is 1.37. The summed E-state index contributed by atoms with van der Waals surface area (Å²) in [4.78, 5) is 19.3. The van der Waals surface area contributed by atoms with Crippen LogP contribution in [0.4, 0.5) is 5.69 Å². The molecule has 0 fully saturated rings. The molecule has 146 valence electrons. The third kappa shape index (κ3) is 3.11. The van der Waals surface area contributed by atoms with Crippen molar-refractivity contribution in [1.82, 2.24) is 4.98 Å². The zero-order valence-corrected chi connectivity index (χ0v) is 17.2. The summed E-state index contributed by atoms with van der Waals surface area (Å²) in [6.07, 6.45) is 4.41. The lowest BCUT2D eigenvalue weighted by atomic mass is 9.85. The first-order chi connectivity index (χ1) is 13.5. The van der Waals surface area contributed by atoms with Gasteiger partial charge in [0.15, 0.2) is 11.5 Å². The number of thiophene rings is 1. The van der Waals surface area contributed by atoms with Crippen molar-refractivity contribution in [2.24, 2.45) is 5.92 Å². The van der Waals surface area contributed by atoms with E-state index in [-0.39, 0.29) is 5.78 Å². The first-order valence-electron chi connectivity index (χ1n) is 9.53. The maximum absolute atomic E-state index is 13.1. The molecule has 0 amide bonds. The average molecular weight is 397 g/mol. The number of aryl methyl sites for hydroxylation is 1.